The van der Waals surface area contributed by atoms with Crippen LogP contribution in [0.3, 0.4) is 0 Å². The molecule has 5 nitrogen and oxygen atoms in total. The molecule has 1 N–H and O–H groups in total. The van der Waals surface area contributed by atoms with Crippen LogP contribution >= 0.6 is 11.8 Å². The number of nitrogens with zero attached hydrogens (tertiary/aromatic N) is 4. The lowest BCUT2D eigenvalue weighted by atomic mass is 10.2. The van der Waals surface area contributed by atoms with Gasteiger partial charge >= 0.3 is 0 Å². The van der Waals surface area contributed by atoms with Crippen LogP contribution in [0, 0.1) is 11.3 Å². The molecular weight excluding hydrogens is 222 g/mol. The number of hydrogen-bond donors (Lipinski definition) is 1. The number of aryl methyl sites for hydroxylation is 1. The Labute approximate surface area is 100 Å². The first kappa shape index (κ1) is 13.0. The van der Waals surface area contributed by atoms with Crippen molar-refractivity contribution in [3.05, 3.63) is 6.33 Å². The first-order valence-corrected chi connectivity index (χ1v) is 6.24. The second kappa shape index (κ2) is 6.51. The van der Waals surface area contributed by atoms with E-state index < -0.39 is 0 Å². The highest BCUT2D eigenvalue weighted by Gasteiger charge is 2.09. The lowest BCUT2D eigenvalue weighted by Crippen LogP contribution is -2.33. The molecule has 0 aliphatic carbocycles. The molecule has 0 spiro atoms. The van der Waals surface area contributed by atoms with Crippen molar-refractivity contribution in [2.24, 2.45) is 7.05 Å². The Morgan fingerprint density at radius 2 is 2.38 bits per heavy atom. The van der Waals surface area contributed by atoms with Gasteiger partial charge in [-0.05, 0) is 20.3 Å². The van der Waals surface area contributed by atoms with E-state index in [9.17, 15) is 0 Å². The summed E-state index contributed by atoms with van der Waals surface area (Å²) in [5.41, 5.74) is 0. The lowest BCUT2D eigenvalue weighted by molar-refractivity contribution is 0.522. The van der Waals surface area contributed by atoms with E-state index in [2.05, 4.69) is 21.5 Å². The Hall–Kier alpha value is -1.06. The van der Waals surface area contributed by atoms with Gasteiger partial charge in [-0.1, -0.05) is 11.8 Å². The average Bonchev–Trinajstić information content (AvgIpc) is 2.62. The predicted molar refractivity (Wildman–Crippen MR) is 64.0 cm³/mol. The SMILES string of the molecule is CC(C)NC(C#N)CCSc1ncnn1C. The maximum absolute atomic E-state index is 8.93. The van der Waals surface area contributed by atoms with Crippen molar-refractivity contribution in [2.45, 2.75) is 37.5 Å². The predicted octanol–water partition coefficient (Wildman–Crippen LogP) is 1.19. The summed E-state index contributed by atoms with van der Waals surface area (Å²) < 4.78 is 1.74. The Bertz CT molecular complexity index is 354. The molecule has 0 bridgehead atoms. The Balaban J connectivity index is 2.29. The van der Waals surface area contributed by atoms with E-state index in [0.717, 1.165) is 17.3 Å². The zero-order chi connectivity index (χ0) is 12.0. The Morgan fingerprint density at radius 3 is 2.88 bits per heavy atom. The highest BCUT2D eigenvalue weighted by molar-refractivity contribution is 7.99. The van der Waals surface area contributed by atoms with Gasteiger partial charge in [0.15, 0.2) is 5.16 Å². The maximum Gasteiger partial charge on any atom is 0.185 e. The minimum absolute atomic E-state index is 0.0827. The van der Waals surface area contributed by atoms with Crippen LogP contribution < -0.4 is 5.32 Å². The molecule has 1 rings (SSSR count). The summed E-state index contributed by atoms with van der Waals surface area (Å²) in [6.45, 7) is 4.08. The van der Waals surface area contributed by atoms with Gasteiger partial charge in [0.25, 0.3) is 0 Å². The third kappa shape index (κ3) is 4.21. The number of hydrogen-bond acceptors (Lipinski definition) is 5. The summed E-state index contributed by atoms with van der Waals surface area (Å²) in [4.78, 5) is 4.11. The molecule has 0 aromatic carbocycles. The van der Waals surface area contributed by atoms with Gasteiger partial charge in [0.05, 0.1) is 12.1 Å². The molecule has 1 atom stereocenters. The maximum atomic E-state index is 8.93. The van der Waals surface area contributed by atoms with Crippen LogP contribution in [0.15, 0.2) is 11.5 Å². The molecule has 1 aromatic heterocycles. The fourth-order valence-electron chi connectivity index (χ4n) is 1.27. The van der Waals surface area contributed by atoms with E-state index in [1.165, 1.54) is 6.33 Å². The molecule has 0 aliphatic heterocycles. The standard InChI is InChI=1S/C10H17N5S/c1-8(2)14-9(6-11)4-5-16-10-12-7-13-15(10)3/h7-9,14H,4-5H2,1-3H3. The van der Waals surface area contributed by atoms with E-state index >= 15 is 0 Å². The smallest absolute Gasteiger partial charge is 0.185 e. The number of aromatic nitrogens is 3. The van der Waals surface area contributed by atoms with Crippen molar-refractivity contribution in [1.82, 2.24) is 20.1 Å². The summed E-state index contributed by atoms with van der Waals surface area (Å²) in [7, 11) is 1.86. The molecule has 0 fully saturated rings. The largest absolute Gasteiger partial charge is 0.300 e. The third-order valence-corrected chi connectivity index (χ3v) is 3.07. The molecule has 1 unspecified atom stereocenters. The second-order valence-corrected chi connectivity index (χ2v) is 4.87. The number of nitrogens with one attached hydrogen (secondary N) is 1. The first-order chi connectivity index (χ1) is 7.63. The molecule has 0 saturated heterocycles. The number of thioether (sulfide) groups is 1. The molecule has 0 amide bonds. The number of rotatable bonds is 6. The van der Waals surface area contributed by atoms with Crippen LogP contribution in [-0.4, -0.2) is 32.6 Å². The van der Waals surface area contributed by atoms with Gasteiger partial charge in [-0.3, -0.25) is 5.32 Å². The summed E-state index contributed by atoms with van der Waals surface area (Å²) in [5.74, 6) is 0.866. The minimum Gasteiger partial charge on any atom is -0.300 e. The van der Waals surface area contributed by atoms with Gasteiger partial charge in [0.1, 0.15) is 6.33 Å². The molecule has 0 aliphatic rings. The van der Waals surface area contributed by atoms with Crippen LogP contribution in [0.5, 0.6) is 0 Å². The van der Waals surface area contributed by atoms with Crippen LogP contribution in [0.2, 0.25) is 0 Å². The monoisotopic (exact) mass is 239 g/mol. The van der Waals surface area contributed by atoms with Gasteiger partial charge in [-0.2, -0.15) is 10.4 Å². The quantitative estimate of drug-likeness (QED) is 0.755. The summed E-state index contributed by atoms with van der Waals surface area (Å²) in [6.07, 6.45) is 2.35. The average molecular weight is 239 g/mol. The molecule has 0 radical (unpaired) electrons. The van der Waals surface area contributed by atoms with Gasteiger partial charge in [0, 0.05) is 18.8 Å². The minimum atomic E-state index is -0.0827. The summed E-state index contributed by atoms with van der Waals surface area (Å²) >= 11 is 1.62. The van der Waals surface area contributed by atoms with Crippen LogP contribution in [0.4, 0.5) is 0 Å². The summed E-state index contributed by atoms with van der Waals surface area (Å²) in [5, 5.41) is 17.0. The van der Waals surface area contributed by atoms with Crippen LogP contribution in [-0.2, 0) is 7.05 Å². The molecule has 1 heterocycles. The third-order valence-electron chi connectivity index (χ3n) is 2.00. The molecule has 6 heteroatoms. The van der Waals surface area contributed by atoms with Crippen LogP contribution in [0.1, 0.15) is 20.3 Å². The normalized spacial score (nSPS) is 12.7. The summed E-state index contributed by atoms with van der Waals surface area (Å²) in [6, 6.07) is 2.52. The first-order valence-electron chi connectivity index (χ1n) is 5.26. The van der Waals surface area contributed by atoms with Gasteiger partial charge in [-0.25, -0.2) is 9.67 Å². The van der Waals surface area contributed by atoms with E-state index in [4.69, 9.17) is 5.26 Å². The van der Waals surface area contributed by atoms with Crippen molar-refractivity contribution >= 4 is 11.8 Å². The van der Waals surface area contributed by atoms with Crippen molar-refractivity contribution in [1.29, 1.82) is 5.26 Å². The Morgan fingerprint density at radius 1 is 1.62 bits per heavy atom. The fraction of sp³-hybridized carbons (Fsp3) is 0.700. The lowest BCUT2D eigenvalue weighted by Gasteiger charge is -2.13. The highest BCUT2D eigenvalue weighted by Crippen LogP contribution is 2.14. The van der Waals surface area contributed by atoms with Crippen LogP contribution in [0.25, 0.3) is 0 Å². The number of nitriles is 1. The van der Waals surface area contributed by atoms with Crippen molar-refractivity contribution in [2.75, 3.05) is 5.75 Å². The van der Waals surface area contributed by atoms with Gasteiger partial charge in [-0.15, -0.1) is 0 Å². The zero-order valence-electron chi connectivity index (χ0n) is 9.84. The van der Waals surface area contributed by atoms with Crippen molar-refractivity contribution in [3.8, 4) is 6.07 Å². The van der Waals surface area contributed by atoms with Crippen molar-refractivity contribution in [3.63, 3.8) is 0 Å². The zero-order valence-corrected chi connectivity index (χ0v) is 10.7. The van der Waals surface area contributed by atoms with E-state index in [1.54, 1.807) is 16.4 Å². The second-order valence-electron chi connectivity index (χ2n) is 3.81. The topological polar surface area (TPSA) is 66.5 Å². The van der Waals surface area contributed by atoms with E-state index in [-0.39, 0.29) is 6.04 Å². The van der Waals surface area contributed by atoms with E-state index in [0.29, 0.717) is 6.04 Å². The van der Waals surface area contributed by atoms with Gasteiger partial charge < -0.3 is 0 Å². The molecule has 16 heavy (non-hydrogen) atoms. The van der Waals surface area contributed by atoms with Gasteiger partial charge in [0.2, 0.25) is 0 Å². The Kier molecular flexibility index (Phi) is 5.29. The van der Waals surface area contributed by atoms with E-state index in [1.807, 2.05) is 20.9 Å². The molecule has 0 saturated carbocycles. The molecule has 88 valence electrons. The molecular formula is C10H17N5S. The molecule has 1 aromatic rings. The fourth-order valence-corrected chi connectivity index (χ4v) is 2.16. The highest BCUT2D eigenvalue weighted by atomic mass is 32.2. The van der Waals surface area contributed by atoms with Crippen molar-refractivity contribution < 1.29 is 0 Å².